The summed E-state index contributed by atoms with van der Waals surface area (Å²) >= 11 is 6.78. The van der Waals surface area contributed by atoms with E-state index in [1.165, 1.54) is 0 Å². The van der Waals surface area contributed by atoms with E-state index in [0.29, 0.717) is 49.0 Å². The number of aryl methyl sites for hydroxylation is 3. The third kappa shape index (κ3) is 3.98. The van der Waals surface area contributed by atoms with Crippen LogP contribution in [-0.4, -0.2) is 39.1 Å². The van der Waals surface area contributed by atoms with Gasteiger partial charge in [-0.2, -0.15) is 5.10 Å². The quantitative estimate of drug-likeness (QED) is 0.227. The van der Waals surface area contributed by atoms with E-state index >= 15 is 0 Å². The highest BCUT2D eigenvalue weighted by Gasteiger charge is 2.34. The van der Waals surface area contributed by atoms with Gasteiger partial charge in [-0.1, -0.05) is 48.0 Å². The molecule has 1 atom stereocenters. The monoisotopic (exact) mass is 529 g/mol. The second-order valence-corrected chi connectivity index (χ2v) is 10.1. The van der Waals surface area contributed by atoms with Crippen molar-refractivity contribution in [1.29, 1.82) is 0 Å². The summed E-state index contributed by atoms with van der Waals surface area (Å²) in [5.74, 6) is 0.560. The molecule has 0 bridgehead atoms. The maximum Gasteiger partial charge on any atom is 0.352 e. The van der Waals surface area contributed by atoms with Gasteiger partial charge in [0.2, 0.25) is 5.88 Å². The molecule has 6 rings (SSSR count). The Morgan fingerprint density at radius 3 is 2.79 bits per heavy atom. The number of carboxylic acid groups (broad SMARTS) is 1. The van der Waals surface area contributed by atoms with Crippen LogP contribution in [0.5, 0.6) is 11.6 Å². The van der Waals surface area contributed by atoms with E-state index in [-0.39, 0.29) is 6.04 Å². The molecule has 3 aromatic carbocycles. The molecule has 0 saturated heterocycles. The predicted molar refractivity (Wildman–Crippen MR) is 148 cm³/mol. The second kappa shape index (κ2) is 9.72. The smallest absolute Gasteiger partial charge is 0.352 e. The Hall–Kier alpha value is -3.97. The highest BCUT2D eigenvalue weighted by Crippen LogP contribution is 2.45. The number of rotatable bonds is 8. The fourth-order valence-corrected chi connectivity index (χ4v) is 6.12. The summed E-state index contributed by atoms with van der Waals surface area (Å²) in [6, 6.07) is 19.7. The molecular formula is C30H28ClN3O4. The molecule has 0 amide bonds. The van der Waals surface area contributed by atoms with Gasteiger partial charge in [0, 0.05) is 39.5 Å². The third-order valence-corrected chi connectivity index (χ3v) is 7.71. The minimum Gasteiger partial charge on any atom is -0.493 e. The van der Waals surface area contributed by atoms with E-state index in [9.17, 15) is 9.90 Å². The summed E-state index contributed by atoms with van der Waals surface area (Å²) < 4.78 is 15.5. The molecule has 0 fully saturated rings. The van der Waals surface area contributed by atoms with Crippen LogP contribution in [0.2, 0.25) is 5.02 Å². The normalized spacial score (nSPS) is 14.8. The number of benzene rings is 3. The molecule has 1 aliphatic carbocycles. The molecule has 38 heavy (non-hydrogen) atoms. The van der Waals surface area contributed by atoms with Crippen LogP contribution in [0.15, 0.2) is 60.7 Å². The Bertz CT molecular complexity index is 1680. The molecule has 194 valence electrons. The van der Waals surface area contributed by atoms with E-state index in [0.717, 1.165) is 44.2 Å². The average Bonchev–Trinajstić information content (AvgIpc) is 3.46. The average molecular weight is 530 g/mol. The van der Waals surface area contributed by atoms with Crippen molar-refractivity contribution in [2.24, 2.45) is 0 Å². The lowest BCUT2D eigenvalue weighted by molar-refractivity contribution is 0.0683. The number of ether oxygens (including phenoxy) is 2. The Morgan fingerprint density at radius 1 is 1.16 bits per heavy atom. The molecule has 0 aliphatic heterocycles. The SMILES string of the molecule is COc1cc(C)nn1C1CCc2c(C(=O)O)n(CCCOc3cccc4ccccc34)c3ccc(Cl)c1c23. The van der Waals surface area contributed by atoms with Crippen molar-refractivity contribution < 1.29 is 19.4 Å². The van der Waals surface area contributed by atoms with Crippen molar-refractivity contribution in [2.75, 3.05) is 13.7 Å². The van der Waals surface area contributed by atoms with Gasteiger partial charge in [0.1, 0.15) is 11.4 Å². The summed E-state index contributed by atoms with van der Waals surface area (Å²) in [5.41, 5.74) is 3.79. The van der Waals surface area contributed by atoms with E-state index in [2.05, 4.69) is 17.2 Å². The Kier molecular flexibility index (Phi) is 6.24. The van der Waals surface area contributed by atoms with Crippen molar-refractivity contribution in [2.45, 2.75) is 38.8 Å². The summed E-state index contributed by atoms with van der Waals surface area (Å²) in [5, 5.41) is 18.6. The number of halogens is 1. The van der Waals surface area contributed by atoms with Gasteiger partial charge in [0.05, 0.1) is 25.5 Å². The van der Waals surface area contributed by atoms with E-state index in [4.69, 9.17) is 21.1 Å². The van der Waals surface area contributed by atoms with Crippen LogP contribution < -0.4 is 9.47 Å². The first kappa shape index (κ1) is 24.4. The van der Waals surface area contributed by atoms with Crippen LogP contribution in [0, 0.1) is 6.92 Å². The second-order valence-electron chi connectivity index (χ2n) is 9.65. The summed E-state index contributed by atoms with van der Waals surface area (Å²) in [6.45, 7) is 2.91. The van der Waals surface area contributed by atoms with Gasteiger partial charge >= 0.3 is 5.97 Å². The van der Waals surface area contributed by atoms with Crippen LogP contribution in [0.3, 0.4) is 0 Å². The lowest BCUT2D eigenvalue weighted by atomic mass is 9.87. The number of fused-ring (bicyclic) bond motifs is 1. The molecule has 1 N–H and O–H groups in total. The van der Waals surface area contributed by atoms with E-state index in [1.807, 2.05) is 64.7 Å². The number of nitrogens with zero attached hydrogens (tertiary/aromatic N) is 3. The molecule has 7 nitrogen and oxygen atoms in total. The number of carboxylic acids is 1. The molecule has 0 spiro atoms. The van der Waals surface area contributed by atoms with Crippen LogP contribution in [-0.2, 0) is 13.0 Å². The summed E-state index contributed by atoms with van der Waals surface area (Å²) in [6.07, 6.45) is 1.94. The lowest BCUT2D eigenvalue weighted by Crippen LogP contribution is -2.19. The highest BCUT2D eigenvalue weighted by molar-refractivity contribution is 6.32. The zero-order chi connectivity index (χ0) is 26.4. The Morgan fingerprint density at radius 2 is 1.97 bits per heavy atom. The van der Waals surface area contributed by atoms with E-state index < -0.39 is 5.97 Å². The highest BCUT2D eigenvalue weighted by atomic mass is 35.5. The van der Waals surface area contributed by atoms with Crippen molar-refractivity contribution >= 4 is 39.2 Å². The molecular weight excluding hydrogens is 502 g/mol. The predicted octanol–water partition coefficient (Wildman–Crippen LogP) is 6.66. The maximum atomic E-state index is 12.5. The minimum atomic E-state index is -0.931. The van der Waals surface area contributed by atoms with Gasteiger partial charge in [-0.25, -0.2) is 9.48 Å². The molecule has 2 heterocycles. The summed E-state index contributed by atoms with van der Waals surface area (Å²) in [7, 11) is 1.63. The first-order chi connectivity index (χ1) is 18.5. The molecule has 0 saturated carbocycles. The zero-order valence-electron chi connectivity index (χ0n) is 21.3. The van der Waals surface area contributed by atoms with E-state index in [1.54, 1.807) is 7.11 Å². The first-order valence-corrected chi connectivity index (χ1v) is 13.1. The molecule has 2 aromatic heterocycles. The Balaban J connectivity index is 1.34. The van der Waals surface area contributed by atoms with Crippen molar-refractivity contribution in [3.63, 3.8) is 0 Å². The minimum absolute atomic E-state index is 0.144. The fourth-order valence-electron chi connectivity index (χ4n) is 5.84. The largest absolute Gasteiger partial charge is 0.493 e. The number of carbonyl (C=O) groups is 1. The molecule has 5 aromatic rings. The lowest BCUT2D eigenvalue weighted by Gasteiger charge is -2.26. The van der Waals surface area contributed by atoms with Gasteiger partial charge < -0.3 is 19.1 Å². The van der Waals surface area contributed by atoms with Gasteiger partial charge in [-0.3, -0.25) is 0 Å². The van der Waals surface area contributed by atoms with Gasteiger partial charge in [0.15, 0.2) is 0 Å². The number of hydrogen-bond acceptors (Lipinski definition) is 4. The maximum absolute atomic E-state index is 12.5. The zero-order valence-corrected chi connectivity index (χ0v) is 22.0. The van der Waals surface area contributed by atoms with Crippen molar-refractivity contribution in [3.8, 4) is 11.6 Å². The van der Waals surface area contributed by atoms with Crippen molar-refractivity contribution in [3.05, 3.63) is 88.2 Å². The standard InChI is InChI=1S/C30H28ClN3O4/c1-18-17-26(37-2)34(32-18)24-13-11-21-27-23(14-12-22(31)28(24)27)33(29(21)30(35)36)15-6-16-38-25-10-5-8-19-7-3-4-9-20(19)25/h3-5,7-10,12,14,17,24H,6,11,13,15-16H2,1-2H3,(H,35,36). The van der Waals surface area contributed by atoms with Crippen LogP contribution >= 0.6 is 11.6 Å². The summed E-state index contributed by atoms with van der Waals surface area (Å²) in [4.78, 5) is 12.5. The van der Waals surface area contributed by atoms with Gasteiger partial charge in [0.25, 0.3) is 0 Å². The molecule has 1 unspecified atom stereocenters. The van der Waals surface area contributed by atoms with Crippen molar-refractivity contribution in [1.82, 2.24) is 14.3 Å². The fraction of sp³-hybridized carbons (Fsp3) is 0.267. The molecule has 8 heteroatoms. The van der Waals surface area contributed by atoms with Crippen LogP contribution in [0.4, 0.5) is 0 Å². The molecule has 1 aliphatic rings. The topological polar surface area (TPSA) is 78.5 Å². The molecule has 0 radical (unpaired) electrons. The Labute approximate surface area is 225 Å². The number of aromatic nitrogens is 3. The number of hydrogen-bond donors (Lipinski definition) is 1. The first-order valence-electron chi connectivity index (χ1n) is 12.8. The number of aromatic carboxylic acids is 1. The third-order valence-electron chi connectivity index (χ3n) is 7.38. The van der Waals surface area contributed by atoms with Gasteiger partial charge in [-0.15, -0.1) is 0 Å². The van der Waals surface area contributed by atoms with Crippen LogP contribution in [0.1, 0.15) is 46.2 Å². The number of methoxy groups -OCH3 is 1. The van der Waals surface area contributed by atoms with Crippen LogP contribution in [0.25, 0.3) is 21.7 Å². The van der Waals surface area contributed by atoms with Gasteiger partial charge in [-0.05, 0) is 55.3 Å².